The first-order valence-electron chi connectivity index (χ1n) is 5.43. The fourth-order valence-electron chi connectivity index (χ4n) is 2.01. The van der Waals surface area contributed by atoms with Crippen LogP contribution in [0.3, 0.4) is 0 Å². The van der Waals surface area contributed by atoms with Crippen LogP contribution in [0.2, 0.25) is 0 Å². The minimum atomic E-state index is -0.742. The molecule has 2 heterocycles. The second-order valence-electron chi connectivity index (χ2n) is 4.25. The Morgan fingerprint density at radius 1 is 1.62 bits per heavy atom. The van der Waals surface area contributed by atoms with Gasteiger partial charge in [0.05, 0.1) is 12.0 Å². The van der Waals surface area contributed by atoms with Gasteiger partial charge in [0.1, 0.15) is 0 Å². The first kappa shape index (κ1) is 11.1. The average Bonchev–Trinajstić information content (AvgIpc) is 2.78. The molecule has 1 unspecified atom stereocenters. The average molecular weight is 221 g/mol. The highest BCUT2D eigenvalue weighted by Crippen LogP contribution is 2.33. The minimum absolute atomic E-state index is 0.336. The van der Waals surface area contributed by atoms with Gasteiger partial charge in [0.2, 0.25) is 0 Å². The fourth-order valence-corrected chi connectivity index (χ4v) is 2.01. The van der Waals surface area contributed by atoms with Gasteiger partial charge in [-0.15, -0.1) is 0 Å². The van der Waals surface area contributed by atoms with Crippen LogP contribution >= 0.6 is 0 Å². The van der Waals surface area contributed by atoms with Crippen molar-refractivity contribution in [2.75, 3.05) is 13.2 Å². The molecule has 0 radical (unpaired) electrons. The van der Waals surface area contributed by atoms with Crippen LogP contribution in [0.25, 0.3) is 0 Å². The van der Waals surface area contributed by atoms with Gasteiger partial charge in [0, 0.05) is 19.0 Å². The molecule has 1 N–H and O–H groups in total. The molecule has 1 atom stereocenters. The first-order chi connectivity index (χ1) is 7.73. The van der Waals surface area contributed by atoms with Gasteiger partial charge in [0.25, 0.3) is 0 Å². The van der Waals surface area contributed by atoms with Crippen LogP contribution in [-0.4, -0.2) is 29.3 Å². The molecule has 1 fully saturated rings. The van der Waals surface area contributed by atoms with Crippen molar-refractivity contribution in [3.63, 3.8) is 0 Å². The lowest BCUT2D eigenvalue weighted by atomic mass is 9.82. The van der Waals surface area contributed by atoms with Crippen LogP contribution in [-0.2, 0) is 16.0 Å². The predicted octanol–water partition coefficient (Wildman–Crippen LogP) is 1.51. The van der Waals surface area contributed by atoms with E-state index in [2.05, 4.69) is 4.98 Å². The van der Waals surface area contributed by atoms with E-state index in [1.807, 2.05) is 12.1 Å². The number of carbonyl (C=O) groups is 1. The normalized spacial score (nSPS) is 24.5. The van der Waals surface area contributed by atoms with Crippen molar-refractivity contribution >= 4 is 5.97 Å². The van der Waals surface area contributed by atoms with E-state index >= 15 is 0 Å². The van der Waals surface area contributed by atoms with Gasteiger partial charge in [-0.05, 0) is 30.9 Å². The molecule has 4 heteroatoms. The molecule has 0 aliphatic carbocycles. The summed E-state index contributed by atoms with van der Waals surface area (Å²) in [6.45, 7) is 0.891. The van der Waals surface area contributed by atoms with Crippen LogP contribution in [0.1, 0.15) is 18.4 Å². The zero-order chi connectivity index (χ0) is 11.4. The summed E-state index contributed by atoms with van der Waals surface area (Å²) in [7, 11) is 0. The number of hydrogen-bond donors (Lipinski definition) is 1. The Balaban J connectivity index is 2.00. The summed E-state index contributed by atoms with van der Waals surface area (Å²) >= 11 is 0. The highest BCUT2D eigenvalue weighted by Gasteiger charge is 2.41. The van der Waals surface area contributed by atoms with E-state index in [4.69, 9.17) is 4.74 Å². The van der Waals surface area contributed by atoms with Crippen molar-refractivity contribution in [1.82, 2.24) is 4.98 Å². The van der Waals surface area contributed by atoms with Gasteiger partial charge < -0.3 is 9.84 Å². The zero-order valence-electron chi connectivity index (χ0n) is 9.06. The number of nitrogens with zero attached hydrogens (tertiary/aromatic N) is 1. The third-order valence-electron chi connectivity index (χ3n) is 3.17. The third kappa shape index (κ3) is 2.22. The first-order valence-corrected chi connectivity index (χ1v) is 5.43. The standard InChI is InChI=1S/C12H15NO3/c14-11(15)12(5-7-16-9-12)4-3-10-2-1-6-13-8-10/h1-2,6,8H,3-5,7,9H2,(H,14,15). The topological polar surface area (TPSA) is 59.4 Å². The number of rotatable bonds is 4. The molecule has 0 saturated carbocycles. The number of carboxylic acid groups (broad SMARTS) is 1. The predicted molar refractivity (Wildman–Crippen MR) is 58.1 cm³/mol. The summed E-state index contributed by atoms with van der Waals surface area (Å²) in [6, 6.07) is 3.84. The number of aliphatic carboxylic acids is 1. The number of pyridine rings is 1. The molecule has 1 aliphatic rings. The summed E-state index contributed by atoms with van der Waals surface area (Å²) in [5, 5.41) is 9.25. The Labute approximate surface area is 94.3 Å². The Bertz CT molecular complexity index is 358. The second-order valence-corrected chi connectivity index (χ2v) is 4.25. The molecule has 0 bridgehead atoms. The summed E-state index contributed by atoms with van der Waals surface area (Å²) in [5.74, 6) is -0.742. The van der Waals surface area contributed by atoms with Crippen LogP contribution in [0, 0.1) is 5.41 Å². The van der Waals surface area contributed by atoms with Crippen molar-refractivity contribution < 1.29 is 14.6 Å². The van der Waals surface area contributed by atoms with Crippen molar-refractivity contribution in [2.24, 2.45) is 5.41 Å². The summed E-state index contributed by atoms with van der Waals surface area (Å²) < 4.78 is 5.21. The van der Waals surface area contributed by atoms with Crippen molar-refractivity contribution in [3.8, 4) is 0 Å². The van der Waals surface area contributed by atoms with Gasteiger partial charge >= 0.3 is 5.97 Å². The molecule has 0 amide bonds. The Morgan fingerprint density at radius 3 is 3.06 bits per heavy atom. The van der Waals surface area contributed by atoms with Crippen LogP contribution in [0.15, 0.2) is 24.5 Å². The van der Waals surface area contributed by atoms with E-state index in [-0.39, 0.29) is 0 Å². The monoisotopic (exact) mass is 221 g/mol. The van der Waals surface area contributed by atoms with Gasteiger partial charge in [-0.1, -0.05) is 6.07 Å². The molecule has 1 aromatic rings. The Kier molecular flexibility index (Phi) is 3.19. The molecule has 1 saturated heterocycles. The lowest BCUT2D eigenvalue weighted by molar-refractivity contribution is -0.149. The van der Waals surface area contributed by atoms with Gasteiger partial charge in [0.15, 0.2) is 0 Å². The summed E-state index contributed by atoms with van der Waals surface area (Å²) in [4.78, 5) is 15.3. The summed E-state index contributed by atoms with van der Waals surface area (Å²) in [6.07, 6.45) is 5.47. The minimum Gasteiger partial charge on any atom is -0.481 e. The molecular weight excluding hydrogens is 206 g/mol. The van der Waals surface area contributed by atoms with Crippen LogP contribution < -0.4 is 0 Å². The number of carboxylic acids is 1. The second kappa shape index (κ2) is 4.61. The zero-order valence-corrected chi connectivity index (χ0v) is 9.06. The highest BCUT2D eigenvalue weighted by atomic mass is 16.5. The van der Waals surface area contributed by atoms with E-state index in [0.717, 1.165) is 12.0 Å². The van der Waals surface area contributed by atoms with Gasteiger partial charge in [-0.25, -0.2) is 0 Å². The molecule has 1 aliphatic heterocycles. The lowest BCUT2D eigenvalue weighted by Crippen LogP contribution is -2.32. The number of aromatic nitrogens is 1. The molecule has 0 spiro atoms. The van der Waals surface area contributed by atoms with E-state index < -0.39 is 11.4 Å². The lowest BCUT2D eigenvalue weighted by Gasteiger charge is -2.21. The SMILES string of the molecule is O=C(O)C1(CCc2cccnc2)CCOC1. The van der Waals surface area contributed by atoms with Crippen molar-refractivity contribution in [2.45, 2.75) is 19.3 Å². The molecule has 86 valence electrons. The number of ether oxygens (including phenoxy) is 1. The smallest absolute Gasteiger partial charge is 0.312 e. The maximum Gasteiger partial charge on any atom is 0.312 e. The molecular formula is C12H15NO3. The van der Waals surface area contributed by atoms with Crippen LogP contribution in [0.5, 0.6) is 0 Å². The Hall–Kier alpha value is -1.42. The largest absolute Gasteiger partial charge is 0.481 e. The van der Waals surface area contributed by atoms with E-state index in [9.17, 15) is 9.90 Å². The highest BCUT2D eigenvalue weighted by molar-refractivity contribution is 5.75. The molecule has 1 aromatic heterocycles. The van der Waals surface area contributed by atoms with Crippen LogP contribution in [0.4, 0.5) is 0 Å². The fraction of sp³-hybridized carbons (Fsp3) is 0.500. The van der Waals surface area contributed by atoms with Gasteiger partial charge in [-0.3, -0.25) is 9.78 Å². The van der Waals surface area contributed by atoms with Crippen molar-refractivity contribution in [1.29, 1.82) is 0 Å². The number of hydrogen-bond acceptors (Lipinski definition) is 3. The van der Waals surface area contributed by atoms with Gasteiger partial charge in [-0.2, -0.15) is 0 Å². The quantitative estimate of drug-likeness (QED) is 0.837. The van der Waals surface area contributed by atoms with Crippen molar-refractivity contribution in [3.05, 3.63) is 30.1 Å². The number of aryl methyl sites for hydroxylation is 1. The molecule has 0 aromatic carbocycles. The maximum atomic E-state index is 11.2. The maximum absolute atomic E-state index is 11.2. The molecule has 2 rings (SSSR count). The third-order valence-corrected chi connectivity index (χ3v) is 3.17. The summed E-state index contributed by atoms with van der Waals surface area (Å²) in [5.41, 5.74) is 0.394. The molecule has 16 heavy (non-hydrogen) atoms. The molecule has 4 nitrogen and oxygen atoms in total. The van der Waals surface area contributed by atoms with E-state index in [1.165, 1.54) is 0 Å². The van der Waals surface area contributed by atoms with E-state index in [1.54, 1.807) is 12.4 Å². The Morgan fingerprint density at radius 2 is 2.50 bits per heavy atom. The van der Waals surface area contributed by atoms with E-state index in [0.29, 0.717) is 26.1 Å².